The molecule has 0 saturated heterocycles. The van der Waals surface area contributed by atoms with Gasteiger partial charge in [-0.1, -0.05) is 12.1 Å². The van der Waals surface area contributed by atoms with Crippen LogP contribution in [0, 0.1) is 5.82 Å². The standard InChI is InChI=1S/C25H29F2N3O6S/c1-5-37(33,34)28-21-8-6-7-16(23(21)27)13-19-20(15-30(4)12-11-26)18-10-9-17(35-25(32)29(2)3)14-22(18)36-24(19)31/h6-10,14,28H,5,11-13,15H2,1-4H3. The Morgan fingerprint density at radius 3 is 2.51 bits per heavy atom. The fraction of sp³-hybridized carbons (Fsp3) is 0.360. The van der Waals surface area contributed by atoms with Crippen molar-refractivity contribution in [1.82, 2.24) is 9.80 Å². The molecule has 9 nitrogen and oxygen atoms in total. The highest BCUT2D eigenvalue weighted by Crippen LogP contribution is 2.29. The van der Waals surface area contributed by atoms with E-state index in [1.807, 2.05) is 0 Å². The molecule has 0 bridgehead atoms. The molecule has 3 aromatic rings. The molecule has 1 aromatic heterocycles. The summed E-state index contributed by atoms with van der Waals surface area (Å²) in [5, 5.41) is 0.508. The molecule has 2 aromatic carbocycles. The molecule has 1 amide bonds. The minimum atomic E-state index is -3.72. The highest BCUT2D eigenvalue weighted by Gasteiger charge is 2.21. The average Bonchev–Trinajstić information content (AvgIpc) is 2.83. The molecule has 37 heavy (non-hydrogen) atoms. The smallest absolute Gasteiger partial charge is 0.414 e. The monoisotopic (exact) mass is 537 g/mol. The van der Waals surface area contributed by atoms with E-state index in [9.17, 15) is 22.4 Å². The predicted molar refractivity (Wildman–Crippen MR) is 137 cm³/mol. The van der Waals surface area contributed by atoms with Gasteiger partial charge in [-0.15, -0.1) is 0 Å². The van der Waals surface area contributed by atoms with Crippen molar-refractivity contribution in [1.29, 1.82) is 0 Å². The first-order chi connectivity index (χ1) is 17.5. The zero-order chi connectivity index (χ0) is 27.3. The van der Waals surface area contributed by atoms with Crippen molar-refractivity contribution >= 4 is 32.8 Å². The number of amides is 1. The van der Waals surface area contributed by atoms with Crippen molar-refractivity contribution in [2.24, 2.45) is 0 Å². The van der Waals surface area contributed by atoms with Crippen LogP contribution in [0.15, 0.2) is 45.6 Å². The molecular formula is C25H29F2N3O6S. The van der Waals surface area contributed by atoms with Crippen LogP contribution in [0.5, 0.6) is 5.75 Å². The molecular weight excluding hydrogens is 508 g/mol. The number of carbonyl (C=O) groups is 1. The molecule has 12 heteroatoms. The Morgan fingerprint density at radius 1 is 1.14 bits per heavy atom. The molecule has 1 N–H and O–H groups in total. The predicted octanol–water partition coefficient (Wildman–Crippen LogP) is 3.75. The number of anilines is 1. The molecule has 0 aliphatic rings. The third-order valence-corrected chi connectivity index (χ3v) is 6.94. The molecule has 0 fully saturated rings. The van der Waals surface area contributed by atoms with Gasteiger partial charge in [0.25, 0.3) is 0 Å². The number of alkyl halides is 1. The summed E-state index contributed by atoms with van der Waals surface area (Å²) in [5.41, 5.74) is -0.114. The third-order valence-electron chi connectivity index (χ3n) is 5.65. The van der Waals surface area contributed by atoms with Crippen molar-refractivity contribution in [3.63, 3.8) is 0 Å². The van der Waals surface area contributed by atoms with Crippen molar-refractivity contribution < 1.29 is 31.1 Å². The van der Waals surface area contributed by atoms with Crippen molar-refractivity contribution in [2.45, 2.75) is 19.9 Å². The Labute approximate surface area is 213 Å². The van der Waals surface area contributed by atoms with Gasteiger partial charge in [0, 0.05) is 50.6 Å². The summed E-state index contributed by atoms with van der Waals surface area (Å²) in [6.45, 7) is 1.08. The Balaban J connectivity index is 2.11. The maximum Gasteiger partial charge on any atom is 0.414 e. The highest BCUT2D eigenvalue weighted by molar-refractivity contribution is 7.92. The number of ether oxygens (including phenoxy) is 1. The van der Waals surface area contributed by atoms with E-state index >= 15 is 4.39 Å². The van der Waals surface area contributed by atoms with Crippen LogP contribution in [-0.4, -0.2) is 64.4 Å². The number of sulfonamides is 1. The van der Waals surface area contributed by atoms with E-state index < -0.39 is 34.2 Å². The minimum absolute atomic E-state index is 0.0777. The molecule has 0 aliphatic carbocycles. The van der Waals surface area contributed by atoms with Gasteiger partial charge < -0.3 is 14.1 Å². The summed E-state index contributed by atoms with van der Waals surface area (Å²) in [6, 6.07) is 8.77. The van der Waals surface area contributed by atoms with Crippen LogP contribution in [0.1, 0.15) is 23.6 Å². The van der Waals surface area contributed by atoms with Crippen molar-refractivity contribution in [2.75, 3.05) is 44.8 Å². The molecule has 1 heterocycles. The fourth-order valence-electron chi connectivity index (χ4n) is 3.62. The second kappa shape index (κ2) is 11.7. The van der Waals surface area contributed by atoms with Gasteiger partial charge >= 0.3 is 11.7 Å². The Morgan fingerprint density at radius 2 is 1.86 bits per heavy atom. The van der Waals surface area contributed by atoms with Crippen LogP contribution < -0.4 is 15.1 Å². The average molecular weight is 538 g/mol. The SMILES string of the molecule is CCS(=O)(=O)Nc1cccc(Cc2c(CN(C)CCF)c3ccc(OC(=O)N(C)C)cc3oc2=O)c1F. The van der Waals surface area contributed by atoms with Crippen molar-refractivity contribution in [3.05, 3.63) is 69.3 Å². The number of hydrogen-bond donors (Lipinski definition) is 1. The van der Waals surface area contributed by atoms with Crippen LogP contribution >= 0.6 is 0 Å². The van der Waals surface area contributed by atoms with Crippen LogP contribution in [0.4, 0.5) is 19.3 Å². The summed E-state index contributed by atoms with van der Waals surface area (Å²) in [6.07, 6.45) is -0.808. The zero-order valence-electron chi connectivity index (χ0n) is 21.0. The second-order valence-electron chi connectivity index (χ2n) is 8.65. The van der Waals surface area contributed by atoms with Crippen LogP contribution in [0.2, 0.25) is 0 Å². The number of benzene rings is 2. The van der Waals surface area contributed by atoms with Gasteiger partial charge in [0.05, 0.1) is 11.4 Å². The van der Waals surface area contributed by atoms with E-state index in [-0.39, 0.29) is 53.4 Å². The van der Waals surface area contributed by atoms with E-state index in [0.717, 1.165) is 0 Å². The van der Waals surface area contributed by atoms with Crippen molar-refractivity contribution in [3.8, 4) is 5.75 Å². The summed E-state index contributed by atoms with van der Waals surface area (Å²) in [5.74, 6) is -0.887. The maximum atomic E-state index is 15.3. The number of nitrogens with zero attached hydrogens (tertiary/aromatic N) is 2. The lowest BCUT2D eigenvalue weighted by atomic mass is 9.97. The molecule has 3 rings (SSSR count). The molecule has 0 spiro atoms. The Bertz CT molecular complexity index is 1460. The first-order valence-corrected chi connectivity index (χ1v) is 13.1. The van der Waals surface area contributed by atoms with Gasteiger partial charge in [-0.25, -0.2) is 26.8 Å². The van der Waals surface area contributed by atoms with Gasteiger partial charge in [0.1, 0.15) is 18.0 Å². The first-order valence-electron chi connectivity index (χ1n) is 11.5. The maximum absolute atomic E-state index is 15.3. The summed E-state index contributed by atoms with van der Waals surface area (Å²) < 4.78 is 65.1. The molecule has 0 saturated carbocycles. The Kier molecular flexibility index (Phi) is 8.87. The van der Waals surface area contributed by atoms with E-state index in [0.29, 0.717) is 10.9 Å². The molecule has 0 aliphatic heterocycles. The number of hydrogen-bond acceptors (Lipinski definition) is 7. The number of nitrogens with one attached hydrogen (secondary N) is 1. The zero-order valence-corrected chi connectivity index (χ0v) is 21.8. The summed E-state index contributed by atoms with van der Waals surface area (Å²) in [7, 11) is 1.00. The lowest BCUT2D eigenvalue weighted by molar-refractivity contribution is 0.172. The van der Waals surface area contributed by atoms with E-state index in [2.05, 4.69) is 4.72 Å². The van der Waals surface area contributed by atoms with Crippen LogP contribution in [-0.2, 0) is 23.0 Å². The normalized spacial score (nSPS) is 11.6. The second-order valence-corrected chi connectivity index (χ2v) is 10.7. The first kappa shape index (κ1) is 28.1. The lowest BCUT2D eigenvalue weighted by Crippen LogP contribution is -2.25. The summed E-state index contributed by atoms with van der Waals surface area (Å²) in [4.78, 5) is 27.9. The quantitative estimate of drug-likeness (QED) is 0.393. The molecule has 0 unspecified atom stereocenters. The van der Waals surface area contributed by atoms with Gasteiger partial charge in [-0.2, -0.15) is 0 Å². The number of carbonyl (C=O) groups excluding carboxylic acids is 1. The van der Waals surface area contributed by atoms with Gasteiger partial charge in [0.15, 0.2) is 5.82 Å². The molecule has 0 atom stereocenters. The van der Waals surface area contributed by atoms with E-state index in [1.165, 1.54) is 56.3 Å². The van der Waals surface area contributed by atoms with Gasteiger partial charge in [0.2, 0.25) is 10.0 Å². The van der Waals surface area contributed by atoms with Gasteiger partial charge in [-0.05, 0) is 43.3 Å². The van der Waals surface area contributed by atoms with Gasteiger partial charge in [-0.3, -0.25) is 9.62 Å². The third kappa shape index (κ3) is 6.83. The molecule has 200 valence electrons. The lowest BCUT2D eigenvalue weighted by Gasteiger charge is -2.19. The fourth-order valence-corrected chi connectivity index (χ4v) is 4.25. The minimum Gasteiger partial charge on any atom is -0.422 e. The number of rotatable bonds is 10. The molecule has 0 radical (unpaired) electrons. The van der Waals surface area contributed by atoms with Crippen LogP contribution in [0.25, 0.3) is 11.0 Å². The highest BCUT2D eigenvalue weighted by atomic mass is 32.2. The number of halogens is 2. The summed E-state index contributed by atoms with van der Waals surface area (Å²) >= 11 is 0. The van der Waals surface area contributed by atoms with E-state index in [1.54, 1.807) is 18.0 Å². The Hall–Kier alpha value is -3.51. The van der Waals surface area contributed by atoms with E-state index in [4.69, 9.17) is 9.15 Å². The largest absolute Gasteiger partial charge is 0.422 e. The van der Waals surface area contributed by atoms with Crippen LogP contribution in [0.3, 0.4) is 0 Å². The number of fused-ring (bicyclic) bond motifs is 1. The topological polar surface area (TPSA) is 109 Å².